The van der Waals surface area contributed by atoms with Crippen LogP contribution in [0.4, 0.5) is 5.82 Å². The zero-order valence-corrected chi connectivity index (χ0v) is 16.2. The molecule has 1 aliphatic rings. The van der Waals surface area contributed by atoms with Crippen LogP contribution in [0, 0.1) is 0 Å². The number of anilines is 1. The number of hydrogen-bond donors (Lipinski definition) is 2. The van der Waals surface area contributed by atoms with Gasteiger partial charge < -0.3 is 5.73 Å². The van der Waals surface area contributed by atoms with Crippen molar-refractivity contribution in [3.05, 3.63) is 72.1 Å². The number of benzene rings is 1. The first kappa shape index (κ1) is 16.9. The maximum Gasteiger partial charge on any atom is 0.165 e. The molecule has 7 heteroatoms. The average molecular weight is 393 g/mol. The largest absolute Gasteiger partial charge is 0.383 e. The van der Waals surface area contributed by atoms with Crippen molar-refractivity contribution in [1.29, 1.82) is 0 Å². The highest BCUT2D eigenvalue weighted by molar-refractivity contribution is 5.84. The van der Waals surface area contributed by atoms with Gasteiger partial charge in [-0.05, 0) is 72.9 Å². The molecule has 5 aromatic rings. The van der Waals surface area contributed by atoms with Crippen molar-refractivity contribution < 1.29 is 0 Å². The summed E-state index contributed by atoms with van der Waals surface area (Å²) in [4.78, 5) is 14.1. The lowest BCUT2D eigenvalue weighted by Crippen LogP contribution is -2.03. The SMILES string of the molecule is Nc1ncccc1-c1nc2ccc(-c3ccn[nH]3)nc2n1-c1ccc2c(c1)CCC2. The predicted octanol–water partition coefficient (Wildman–Crippen LogP) is 3.94. The van der Waals surface area contributed by atoms with Gasteiger partial charge in [-0.3, -0.25) is 9.67 Å². The summed E-state index contributed by atoms with van der Waals surface area (Å²) in [5.74, 6) is 1.19. The third-order valence-corrected chi connectivity index (χ3v) is 5.70. The van der Waals surface area contributed by atoms with Gasteiger partial charge in [-0.15, -0.1) is 0 Å². The molecule has 4 heterocycles. The molecule has 0 saturated carbocycles. The Hall–Kier alpha value is -4.00. The van der Waals surface area contributed by atoms with Gasteiger partial charge in [0.2, 0.25) is 0 Å². The summed E-state index contributed by atoms with van der Waals surface area (Å²) in [5.41, 5.74) is 14.1. The number of H-pyrrole nitrogens is 1. The Morgan fingerprint density at radius 3 is 2.73 bits per heavy atom. The first-order valence-electron chi connectivity index (χ1n) is 10.0. The number of fused-ring (bicyclic) bond motifs is 2. The van der Waals surface area contributed by atoms with Gasteiger partial charge in [-0.25, -0.2) is 15.0 Å². The number of pyridine rings is 2. The van der Waals surface area contributed by atoms with Crippen LogP contribution in [0.3, 0.4) is 0 Å². The molecule has 146 valence electrons. The molecule has 0 radical (unpaired) electrons. The molecule has 0 aliphatic heterocycles. The minimum Gasteiger partial charge on any atom is -0.383 e. The van der Waals surface area contributed by atoms with Gasteiger partial charge in [0.25, 0.3) is 0 Å². The summed E-state index contributed by atoms with van der Waals surface area (Å²) in [7, 11) is 0. The Balaban J connectivity index is 1.65. The number of nitrogens with one attached hydrogen (secondary N) is 1. The van der Waals surface area contributed by atoms with Crippen molar-refractivity contribution in [2.24, 2.45) is 0 Å². The molecular weight excluding hydrogens is 374 g/mol. The number of aryl methyl sites for hydroxylation is 2. The molecule has 0 bridgehead atoms. The van der Waals surface area contributed by atoms with E-state index in [0.29, 0.717) is 5.82 Å². The van der Waals surface area contributed by atoms with Gasteiger partial charge in [0, 0.05) is 18.1 Å². The molecule has 0 amide bonds. The first-order chi connectivity index (χ1) is 14.8. The number of aromatic amines is 1. The van der Waals surface area contributed by atoms with E-state index in [2.05, 4.69) is 37.9 Å². The number of hydrogen-bond acceptors (Lipinski definition) is 5. The number of aromatic nitrogens is 6. The standard InChI is InChI=1S/C23H19N7/c24-21-17(5-2-11-25-21)22-28-20-9-8-18(19-10-12-26-29-19)27-23(20)30(22)16-7-6-14-3-1-4-15(14)13-16/h2,5-13H,1,3-4H2,(H2,24,25)(H,26,29). The highest BCUT2D eigenvalue weighted by atomic mass is 15.2. The second kappa shape index (κ2) is 6.52. The van der Waals surface area contributed by atoms with E-state index in [-0.39, 0.29) is 0 Å². The van der Waals surface area contributed by atoms with Crippen molar-refractivity contribution in [3.63, 3.8) is 0 Å². The number of nitrogens with zero attached hydrogens (tertiary/aromatic N) is 5. The first-order valence-corrected chi connectivity index (χ1v) is 10.0. The third-order valence-electron chi connectivity index (χ3n) is 5.70. The Labute approximate surface area is 172 Å². The second-order valence-electron chi connectivity index (χ2n) is 7.52. The van der Waals surface area contributed by atoms with Gasteiger partial charge in [0.1, 0.15) is 11.3 Å². The zero-order valence-electron chi connectivity index (χ0n) is 16.2. The normalized spacial score (nSPS) is 13.1. The lowest BCUT2D eigenvalue weighted by Gasteiger charge is -2.12. The molecule has 6 rings (SSSR count). The quantitative estimate of drug-likeness (QED) is 0.484. The maximum absolute atomic E-state index is 6.22. The molecule has 3 N–H and O–H groups in total. The molecule has 0 atom stereocenters. The Bertz CT molecular complexity index is 1380. The smallest absolute Gasteiger partial charge is 0.165 e. The monoisotopic (exact) mass is 393 g/mol. The van der Waals surface area contributed by atoms with Crippen LogP contribution in [0.15, 0.2) is 60.9 Å². The Morgan fingerprint density at radius 1 is 0.933 bits per heavy atom. The molecule has 1 aliphatic carbocycles. The van der Waals surface area contributed by atoms with Crippen LogP contribution < -0.4 is 5.73 Å². The van der Waals surface area contributed by atoms with Crippen LogP contribution in [-0.4, -0.2) is 29.7 Å². The van der Waals surface area contributed by atoms with Gasteiger partial charge in [0.15, 0.2) is 11.5 Å². The van der Waals surface area contributed by atoms with Crippen molar-refractivity contribution in [1.82, 2.24) is 29.7 Å². The van der Waals surface area contributed by atoms with Crippen LogP contribution in [-0.2, 0) is 12.8 Å². The molecule has 30 heavy (non-hydrogen) atoms. The van der Waals surface area contributed by atoms with Gasteiger partial charge in [-0.2, -0.15) is 5.10 Å². The fraction of sp³-hybridized carbons (Fsp3) is 0.130. The van der Waals surface area contributed by atoms with Crippen molar-refractivity contribution in [3.8, 4) is 28.5 Å². The molecule has 0 saturated heterocycles. The molecule has 0 unspecified atom stereocenters. The summed E-state index contributed by atoms with van der Waals surface area (Å²) >= 11 is 0. The zero-order chi connectivity index (χ0) is 20.1. The number of nitrogens with two attached hydrogens (primary N) is 1. The molecule has 0 fully saturated rings. The lowest BCUT2D eigenvalue weighted by molar-refractivity contribution is 0.911. The lowest BCUT2D eigenvalue weighted by atomic mass is 10.1. The highest BCUT2D eigenvalue weighted by Gasteiger charge is 2.20. The van der Waals surface area contributed by atoms with E-state index < -0.39 is 0 Å². The fourth-order valence-corrected chi connectivity index (χ4v) is 4.23. The average Bonchev–Trinajstić information content (AvgIpc) is 3.51. The number of rotatable bonds is 3. The molecule has 7 nitrogen and oxygen atoms in total. The van der Waals surface area contributed by atoms with Gasteiger partial charge >= 0.3 is 0 Å². The van der Waals surface area contributed by atoms with E-state index in [9.17, 15) is 0 Å². The summed E-state index contributed by atoms with van der Waals surface area (Å²) in [6, 6.07) is 16.3. The van der Waals surface area contributed by atoms with Gasteiger partial charge in [-0.1, -0.05) is 6.07 Å². The summed E-state index contributed by atoms with van der Waals surface area (Å²) in [5, 5.41) is 7.04. The minimum absolute atomic E-state index is 0.448. The van der Waals surface area contributed by atoms with Crippen LogP contribution in [0.2, 0.25) is 0 Å². The van der Waals surface area contributed by atoms with Crippen molar-refractivity contribution >= 4 is 17.0 Å². The summed E-state index contributed by atoms with van der Waals surface area (Å²) in [6.07, 6.45) is 6.86. The third kappa shape index (κ3) is 2.59. The van der Waals surface area contributed by atoms with Crippen molar-refractivity contribution in [2.75, 3.05) is 5.73 Å². The van der Waals surface area contributed by atoms with E-state index in [4.69, 9.17) is 15.7 Å². The molecule has 4 aromatic heterocycles. The van der Waals surface area contributed by atoms with E-state index in [1.807, 2.05) is 30.3 Å². The van der Waals surface area contributed by atoms with Gasteiger partial charge in [0.05, 0.1) is 17.0 Å². The molecular formula is C23H19N7. The summed E-state index contributed by atoms with van der Waals surface area (Å²) in [6.45, 7) is 0. The van der Waals surface area contributed by atoms with Crippen LogP contribution >= 0.6 is 0 Å². The van der Waals surface area contributed by atoms with E-state index in [1.54, 1.807) is 12.4 Å². The van der Waals surface area contributed by atoms with Crippen molar-refractivity contribution in [2.45, 2.75) is 19.3 Å². The van der Waals surface area contributed by atoms with Crippen LogP contribution in [0.1, 0.15) is 17.5 Å². The summed E-state index contributed by atoms with van der Waals surface area (Å²) < 4.78 is 2.08. The molecule has 1 aromatic carbocycles. The topological polar surface area (TPSA) is 98.3 Å². The molecule has 0 spiro atoms. The van der Waals surface area contributed by atoms with E-state index >= 15 is 0 Å². The fourth-order valence-electron chi connectivity index (χ4n) is 4.23. The van der Waals surface area contributed by atoms with E-state index in [1.165, 1.54) is 17.5 Å². The Morgan fingerprint density at radius 2 is 1.87 bits per heavy atom. The van der Waals surface area contributed by atoms with Crippen LogP contribution in [0.5, 0.6) is 0 Å². The minimum atomic E-state index is 0.448. The predicted molar refractivity (Wildman–Crippen MR) is 116 cm³/mol. The Kier molecular flexibility index (Phi) is 3.67. The van der Waals surface area contributed by atoms with Crippen LogP contribution in [0.25, 0.3) is 39.6 Å². The van der Waals surface area contributed by atoms with E-state index in [0.717, 1.165) is 52.5 Å². The number of nitrogen functional groups attached to an aromatic ring is 1. The maximum atomic E-state index is 6.22. The highest BCUT2D eigenvalue weighted by Crippen LogP contribution is 2.33. The number of imidazole rings is 1. The second-order valence-corrected chi connectivity index (χ2v) is 7.52.